The Morgan fingerprint density at radius 3 is 3.25 bits per heavy atom. The monoisotopic (exact) mass is 219 g/mol. The molecular weight excluding hydrogens is 202 g/mol. The molecule has 0 aliphatic carbocycles. The summed E-state index contributed by atoms with van der Waals surface area (Å²) >= 11 is 0. The lowest BCUT2D eigenvalue weighted by Crippen LogP contribution is -2.56. The molecule has 0 bridgehead atoms. The summed E-state index contributed by atoms with van der Waals surface area (Å²) in [5.41, 5.74) is 9.06. The Kier molecular flexibility index (Phi) is 2.17. The van der Waals surface area contributed by atoms with Gasteiger partial charge in [-0.25, -0.2) is 0 Å². The molecule has 16 heavy (non-hydrogen) atoms. The molecule has 1 saturated heterocycles. The zero-order valence-electron chi connectivity index (χ0n) is 9.49. The Bertz CT molecular complexity index is 419. The van der Waals surface area contributed by atoms with Gasteiger partial charge in [-0.05, 0) is 18.6 Å². The molecule has 0 aromatic heterocycles. The van der Waals surface area contributed by atoms with Gasteiger partial charge in [0.2, 0.25) is 0 Å². The van der Waals surface area contributed by atoms with Crippen LogP contribution in [0, 0.1) is 6.92 Å². The van der Waals surface area contributed by atoms with Gasteiger partial charge < -0.3 is 20.7 Å². The van der Waals surface area contributed by atoms with E-state index in [0.717, 1.165) is 37.7 Å². The first-order valence-electron chi connectivity index (χ1n) is 5.76. The first kappa shape index (κ1) is 9.78. The van der Waals surface area contributed by atoms with Crippen LogP contribution in [0.1, 0.15) is 5.56 Å². The number of nitrogens with zero attached hydrogens (tertiary/aromatic N) is 1. The van der Waals surface area contributed by atoms with Crippen molar-refractivity contribution in [2.75, 3.05) is 36.9 Å². The lowest BCUT2D eigenvalue weighted by atomic mass is 10.1. The summed E-state index contributed by atoms with van der Waals surface area (Å²) in [5, 5.41) is 3.40. The molecule has 0 saturated carbocycles. The molecule has 0 amide bonds. The quantitative estimate of drug-likeness (QED) is 0.632. The maximum absolute atomic E-state index is 5.84. The molecule has 4 heteroatoms. The molecule has 3 N–H and O–H groups in total. The third-order valence-corrected chi connectivity index (χ3v) is 3.36. The van der Waals surface area contributed by atoms with Crippen molar-refractivity contribution in [2.24, 2.45) is 0 Å². The van der Waals surface area contributed by atoms with Crippen LogP contribution in [0.4, 0.5) is 11.4 Å². The fourth-order valence-electron chi connectivity index (χ4n) is 2.64. The summed E-state index contributed by atoms with van der Waals surface area (Å²) in [6.07, 6.45) is 0. The summed E-state index contributed by atoms with van der Waals surface area (Å²) in [7, 11) is 0. The van der Waals surface area contributed by atoms with Gasteiger partial charge in [0.05, 0.1) is 11.7 Å². The minimum absolute atomic E-state index is 0.462. The van der Waals surface area contributed by atoms with Gasteiger partial charge in [-0.15, -0.1) is 0 Å². The number of aryl methyl sites for hydroxylation is 1. The lowest BCUT2D eigenvalue weighted by Gasteiger charge is -2.42. The Hall–Kier alpha value is -1.42. The number of benzene rings is 1. The molecule has 1 fully saturated rings. The highest BCUT2D eigenvalue weighted by molar-refractivity contribution is 5.70. The van der Waals surface area contributed by atoms with Crippen LogP contribution in [0.2, 0.25) is 0 Å². The minimum atomic E-state index is 0.462. The van der Waals surface area contributed by atoms with Crippen molar-refractivity contribution in [2.45, 2.75) is 13.0 Å². The van der Waals surface area contributed by atoms with Crippen LogP contribution in [0.15, 0.2) is 12.1 Å². The number of hydrogen-bond donors (Lipinski definition) is 2. The van der Waals surface area contributed by atoms with E-state index in [1.54, 1.807) is 0 Å². The second-order valence-electron chi connectivity index (χ2n) is 4.55. The normalized spacial score (nSPS) is 23.3. The number of nitrogen functional groups attached to an aromatic ring is 1. The van der Waals surface area contributed by atoms with Gasteiger partial charge in [0.1, 0.15) is 12.4 Å². The predicted molar refractivity (Wildman–Crippen MR) is 65.1 cm³/mol. The average molecular weight is 219 g/mol. The number of piperazine rings is 1. The highest BCUT2D eigenvalue weighted by Gasteiger charge is 2.30. The largest absolute Gasteiger partial charge is 0.489 e. The summed E-state index contributed by atoms with van der Waals surface area (Å²) in [6, 6.07) is 4.41. The van der Waals surface area contributed by atoms with E-state index < -0.39 is 0 Å². The fraction of sp³-hybridized carbons (Fsp3) is 0.500. The van der Waals surface area contributed by atoms with Crippen molar-refractivity contribution in [3.05, 3.63) is 17.7 Å². The number of fused-ring (bicyclic) bond motifs is 3. The zero-order valence-corrected chi connectivity index (χ0v) is 9.49. The van der Waals surface area contributed by atoms with Crippen LogP contribution in [0.3, 0.4) is 0 Å². The molecule has 0 radical (unpaired) electrons. The maximum Gasteiger partial charge on any atom is 0.145 e. The molecule has 1 aromatic rings. The fourth-order valence-corrected chi connectivity index (χ4v) is 2.64. The summed E-state index contributed by atoms with van der Waals surface area (Å²) < 4.78 is 5.79. The number of rotatable bonds is 0. The van der Waals surface area contributed by atoms with Gasteiger partial charge in [-0.3, -0.25) is 0 Å². The highest BCUT2D eigenvalue weighted by Crippen LogP contribution is 2.38. The van der Waals surface area contributed by atoms with Crippen molar-refractivity contribution in [1.29, 1.82) is 0 Å². The first-order valence-corrected chi connectivity index (χ1v) is 5.76. The van der Waals surface area contributed by atoms with Gasteiger partial charge in [-0.2, -0.15) is 0 Å². The van der Waals surface area contributed by atoms with Crippen LogP contribution in [-0.2, 0) is 0 Å². The van der Waals surface area contributed by atoms with Crippen LogP contribution in [-0.4, -0.2) is 32.3 Å². The lowest BCUT2D eigenvalue weighted by molar-refractivity contribution is 0.247. The summed E-state index contributed by atoms with van der Waals surface area (Å²) in [6.45, 7) is 5.95. The molecule has 2 aliphatic rings. The summed E-state index contributed by atoms with van der Waals surface area (Å²) in [5.74, 6) is 0.940. The van der Waals surface area contributed by atoms with Crippen LogP contribution >= 0.6 is 0 Å². The molecule has 86 valence electrons. The van der Waals surface area contributed by atoms with E-state index >= 15 is 0 Å². The van der Waals surface area contributed by atoms with Gasteiger partial charge in [0, 0.05) is 31.4 Å². The topological polar surface area (TPSA) is 50.5 Å². The van der Waals surface area contributed by atoms with Crippen molar-refractivity contribution < 1.29 is 4.74 Å². The molecule has 0 spiro atoms. The smallest absolute Gasteiger partial charge is 0.145 e. The van der Waals surface area contributed by atoms with E-state index in [-0.39, 0.29) is 0 Å². The van der Waals surface area contributed by atoms with Gasteiger partial charge in [-0.1, -0.05) is 0 Å². The Labute approximate surface area is 95.4 Å². The molecule has 1 unspecified atom stereocenters. The van der Waals surface area contributed by atoms with Crippen LogP contribution in [0.25, 0.3) is 0 Å². The van der Waals surface area contributed by atoms with E-state index in [0.29, 0.717) is 6.04 Å². The molecule has 4 nitrogen and oxygen atoms in total. The van der Waals surface area contributed by atoms with Gasteiger partial charge >= 0.3 is 0 Å². The van der Waals surface area contributed by atoms with Gasteiger partial charge in [0.25, 0.3) is 0 Å². The van der Waals surface area contributed by atoms with E-state index in [2.05, 4.69) is 17.1 Å². The zero-order chi connectivity index (χ0) is 11.1. The van der Waals surface area contributed by atoms with E-state index in [4.69, 9.17) is 10.5 Å². The van der Waals surface area contributed by atoms with Crippen molar-refractivity contribution in [3.8, 4) is 5.75 Å². The predicted octanol–water partition coefficient (Wildman–Crippen LogP) is 0.748. The van der Waals surface area contributed by atoms with Crippen molar-refractivity contribution >= 4 is 11.4 Å². The van der Waals surface area contributed by atoms with Crippen molar-refractivity contribution in [1.82, 2.24) is 5.32 Å². The second-order valence-corrected chi connectivity index (χ2v) is 4.55. The molecule has 1 atom stereocenters. The van der Waals surface area contributed by atoms with Gasteiger partial charge in [0.15, 0.2) is 0 Å². The highest BCUT2D eigenvalue weighted by atomic mass is 16.5. The average Bonchev–Trinajstić information content (AvgIpc) is 2.28. The second kappa shape index (κ2) is 3.56. The number of nitrogens with one attached hydrogen (secondary N) is 1. The van der Waals surface area contributed by atoms with E-state index in [9.17, 15) is 0 Å². The Morgan fingerprint density at radius 1 is 1.50 bits per heavy atom. The number of nitrogens with two attached hydrogens (primary N) is 1. The molecule has 2 aliphatic heterocycles. The van der Waals surface area contributed by atoms with E-state index in [1.165, 1.54) is 11.3 Å². The standard InChI is InChI=1S/C12H17N3O/c1-8-4-9(13)5-11-12(8)15-3-2-14-6-10(15)7-16-11/h4-5,10,14H,2-3,6-7,13H2,1H3. The number of hydrogen-bond acceptors (Lipinski definition) is 4. The number of anilines is 2. The summed E-state index contributed by atoms with van der Waals surface area (Å²) in [4.78, 5) is 2.45. The maximum atomic E-state index is 5.84. The Balaban J connectivity index is 2.07. The number of ether oxygens (including phenoxy) is 1. The third kappa shape index (κ3) is 1.41. The molecular formula is C12H17N3O. The minimum Gasteiger partial charge on any atom is -0.489 e. The molecule has 2 heterocycles. The van der Waals surface area contributed by atoms with E-state index in [1.807, 2.05) is 12.1 Å². The van der Waals surface area contributed by atoms with Crippen LogP contribution in [0.5, 0.6) is 5.75 Å². The van der Waals surface area contributed by atoms with Crippen LogP contribution < -0.4 is 20.7 Å². The third-order valence-electron chi connectivity index (χ3n) is 3.36. The Morgan fingerprint density at radius 2 is 2.38 bits per heavy atom. The molecule has 3 rings (SSSR count). The van der Waals surface area contributed by atoms with Crippen molar-refractivity contribution in [3.63, 3.8) is 0 Å². The first-order chi connectivity index (χ1) is 7.75. The SMILES string of the molecule is Cc1cc(N)cc2c1N1CCNCC1CO2. The molecule has 1 aromatic carbocycles.